The quantitative estimate of drug-likeness (QED) is 0.0295. The van der Waals surface area contributed by atoms with E-state index in [2.05, 4.69) is 0 Å². The van der Waals surface area contributed by atoms with Gasteiger partial charge in [0.2, 0.25) is 0 Å². The fourth-order valence-corrected chi connectivity index (χ4v) is 6.15. The first kappa shape index (κ1) is 46.5. The number of rotatable bonds is 27. The van der Waals surface area contributed by atoms with E-state index in [1.165, 1.54) is 0 Å². The van der Waals surface area contributed by atoms with Crippen LogP contribution in [0, 0.1) is 0 Å². The van der Waals surface area contributed by atoms with Crippen molar-refractivity contribution in [1.29, 1.82) is 0 Å². The van der Waals surface area contributed by atoms with Crippen LogP contribution >= 0.6 is 35.3 Å². The second-order valence-corrected chi connectivity index (χ2v) is 14.0. The lowest BCUT2D eigenvalue weighted by atomic mass is 10.4. The van der Waals surface area contributed by atoms with E-state index in [1.54, 1.807) is 0 Å². The summed E-state index contributed by atoms with van der Waals surface area (Å²) in [6.45, 7) is -6.76. The molecule has 21 nitrogen and oxygen atoms in total. The maximum Gasteiger partial charge on any atom is 0.337 e. The van der Waals surface area contributed by atoms with E-state index in [4.69, 9.17) is 29.5 Å². The minimum Gasteiger partial charge on any atom is -0.462 e. The summed E-state index contributed by atoms with van der Waals surface area (Å²) in [5.74, 6) is -3.59. The van der Waals surface area contributed by atoms with Crippen LogP contribution in [0.5, 0.6) is 0 Å². The number of hydrogen-bond acceptors (Lipinski definition) is 21. The SMILES string of the molecule is O=C(Cn1c(=O)n(CC(=O)OCC(O)CSCC(O)CO)c(=O)n(CC(=O)OCC(O)CSCC(O)CO)c1=O)OCC(O)CSCC(O)CO. The second kappa shape index (κ2) is 25.5. The number of carbonyl (C=O) groups is 3. The number of ether oxygens (including phenoxy) is 3. The van der Waals surface area contributed by atoms with Gasteiger partial charge in [-0.05, 0) is 0 Å². The fraction of sp³-hybridized carbons (Fsp3) is 0.778. The highest BCUT2D eigenvalue weighted by atomic mass is 32.2. The number of hydrogen-bond donors (Lipinski definition) is 9. The highest BCUT2D eigenvalue weighted by Crippen LogP contribution is 2.08. The molecule has 1 aromatic rings. The van der Waals surface area contributed by atoms with Gasteiger partial charge in [0.25, 0.3) is 0 Å². The van der Waals surface area contributed by atoms with Crippen LogP contribution < -0.4 is 17.1 Å². The zero-order valence-corrected chi connectivity index (χ0v) is 29.8. The smallest absolute Gasteiger partial charge is 0.337 e. The van der Waals surface area contributed by atoms with Gasteiger partial charge in [0.05, 0.1) is 56.4 Å². The van der Waals surface area contributed by atoms with Crippen molar-refractivity contribution >= 4 is 53.2 Å². The molecule has 0 bridgehead atoms. The predicted molar refractivity (Wildman–Crippen MR) is 181 cm³/mol. The van der Waals surface area contributed by atoms with Crippen molar-refractivity contribution in [2.75, 3.05) is 74.2 Å². The summed E-state index contributed by atoms with van der Waals surface area (Å²) in [5.41, 5.74) is -4.45. The van der Waals surface area contributed by atoms with Crippen molar-refractivity contribution < 1.29 is 74.6 Å². The molecule has 0 aliphatic carbocycles. The van der Waals surface area contributed by atoms with Crippen LogP contribution in [0.1, 0.15) is 0 Å². The molecule has 0 aliphatic heterocycles. The minimum atomic E-state index is -1.48. The molecule has 0 aromatic carbocycles. The van der Waals surface area contributed by atoms with Gasteiger partial charge in [-0.1, -0.05) is 0 Å². The molecule has 1 rings (SSSR count). The van der Waals surface area contributed by atoms with Crippen molar-refractivity contribution in [2.45, 2.75) is 56.3 Å². The summed E-state index contributed by atoms with van der Waals surface area (Å²) < 4.78 is 15.2. The lowest BCUT2D eigenvalue weighted by molar-refractivity contribution is -0.147. The van der Waals surface area contributed by atoms with E-state index in [9.17, 15) is 59.4 Å². The average Bonchev–Trinajstić information content (AvgIpc) is 3.10. The number of aromatic nitrogens is 3. The zero-order valence-electron chi connectivity index (χ0n) is 27.3. The maximum atomic E-state index is 13.2. The van der Waals surface area contributed by atoms with Crippen LogP contribution in [-0.2, 0) is 48.2 Å². The third kappa shape index (κ3) is 18.7. The second-order valence-electron chi connectivity index (χ2n) is 10.7. The minimum absolute atomic E-state index is 0.0256. The molecule has 294 valence electrons. The van der Waals surface area contributed by atoms with Crippen LogP contribution in [0.15, 0.2) is 14.4 Å². The van der Waals surface area contributed by atoms with E-state index in [-0.39, 0.29) is 48.2 Å². The van der Waals surface area contributed by atoms with E-state index in [0.717, 1.165) is 35.3 Å². The molecule has 0 amide bonds. The molecular weight excluding hydrogens is 751 g/mol. The summed E-state index contributed by atoms with van der Waals surface area (Å²) >= 11 is 3.11. The standard InChI is InChI=1S/C27H45N3O18S3/c31-4-16(34)10-49-13-19(37)7-46-22(40)1-28-25(43)29(2-23(41)47-8-20(38)14-50-11-17(35)5-32)27(45)30(26(28)44)3-24(42)48-9-21(39)15-51-12-18(36)6-33/h16-21,31-39H,1-15H2. The van der Waals surface area contributed by atoms with Crippen LogP contribution in [0.25, 0.3) is 0 Å². The van der Waals surface area contributed by atoms with Gasteiger partial charge in [-0.15, -0.1) is 0 Å². The van der Waals surface area contributed by atoms with Gasteiger partial charge in [0.15, 0.2) is 0 Å². The molecule has 0 saturated carbocycles. The van der Waals surface area contributed by atoms with Crippen LogP contribution in [-0.4, -0.2) is 188 Å². The monoisotopic (exact) mass is 795 g/mol. The molecule has 0 spiro atoms. The molecule has 0 fully saturated rings. The van der Waals surface area contributed by atoms with Gasteiger partial charge in [0, 0.05) is 34.5 Å². The van der Waals surface area contributed by atoms with Crippen LogP contribution in [0.3, 0.4) is 0 Å². The Morgan fingerprint density at radius 3 is 0.882 bits per heavy atom. The predicted octanol–water partition coefficient (Wildman–Crippen LogP) is -6.86. The number of nitrogens with zero attached hydrogens (tertiary/aromatic N) is 3. The highest BCUT2D eigenvalue weighted by molar-refractivity contribution is 7.99. The molecule has 6 atom stereocenters. The summed E-state index contributed by atoms with van der Waals surface area (Å²) in [6.07, 6.45) is -6.86. The summed E-state index contributed by atoms with van der Waals surface area (Å²) in [6, 6.07) is 0. The lowest BCUT2D eigenvalue weighted by Gasteiger charge is -2.16. The van der Waals surface area contributed by atoms with Gasteiger partial charge < -0.3 is 60.2 Å². The zero-order chi connectivity index (χ0) is 38.5. The molecule has 51 heavy (non-hydrogen) atoms. The summed E-state index contributed by atoms with van der Waals surface area (Å²) in [7, 11) is 0. The molecule has 9 N–H and O–H groups in total. The first-order valence-electron chi connectivity index (χ1n) is 15.2. The highest BCUT2D eigenvalue weighted by Gasteiger charge is 2.23. The molecule has 24 heteroatoms. The largest absolute Gasteiger partial charge is 0.462 e. The summed E-state index contributed by atoms with van der Waals surface area (Å²) in [5, 5.41) is 84.7. The topological polar surface area (TPSA) is 327 Å². The molecule has 1 heterocycles. The fourth-order valence-electron chi connectivity index (χ4n) is 3.50. The first-order valence-corrected chi connectivity index (χ1v) is 18.6. The molecule has 0 saturated heterocycles. The van der Waals surface area contributed by atoms with Gasteiger partial charge in [-0.2, -0.15) is 35.3 Å². The molecular formula is C27H45N3O18S3. The lowest BCUT2D eigenvalue weighted by Crippen LogP contribution is -2.56. The molecule has 0 aliphatic rings. The number of carbonyl (C=O) groups excluding carboxylic acids is 3. The Morgan fingerprint density at radius 1 is 0.451 bits per heavy atom. The van der Waals surface area contributed by atoms with Crippen molar-refractivity contribution in [2.24, 2.45) is 0 Å². The average molecular weight is 796 g/mol. The van der Waals surface area contributed by atoms with Crippen molar-refractivity contribution in [3.05, 3.63) is 31.5 Å². The van der Waals surface area contributed by atoms with Crippen molar-refractivity contribution in [1.82, 2.24) is 13.7 Å². The normalized spacial score (nSPS) is 15.0. The third-order valence-corrected chi connectivity index (χ3v) is 9.77. The third-order valence-electron chi connectivity index (χ3n) is 6.05. The van der Waals surface area contributed by atoms with Gasteiger partial charge in [-0.25, -0.2) is 28.1 Å². The Morgan fingerprint density at radius 2 is 0.667 bits per heavy atom. The molecule has 1 aromatic heterocycles. The Kier molecular flexibility index (Phi) is 23.2. The Bertz CT molecular complexity index is 1200. The number of aliphatic hydroxyl groups excluding tert-OH is 9. The Labute approximate surface area is 302 Å². The Balaban J connectivity index is 3.12. The number of aliphatic hydroxyl groups is 9. The first-order chi connectivity index (χ1) is 24.1. The van der Waals surface area contributed by atoms with E-state index >= 15 is 0 Å². The molecule has 0 radical (unpaired) electrons. The Hall–Kier alpha value is -2.49. The van der Waals surface area contributed by atoms with E-state index < -0.39 is 131 Å². The summed E-state index contributed by atoms with van der Waals surface area (Å²) in [4.78, 5) is 77.1. The van der Waals surface area contributed by atoms with Crippen molar-refractivity contribution in [3.8, 4) is 0 Å². The van der Waals surface area contributed by atoms with Crippen LogP contribution in [0.2, 0.25) is 0 Å². The number of esters is 3. The van der Waals surface area contributed by atoms with Gasteiger partial charge in [-0.3, -0.25) is 14.4 Å². The van der Waals surface area contributed by atoms with Gasteiger partial charge >= 0.3 is 35.0 Å². The number of thioether (sulfide) groups is 3. The van der Waals surface area contributed by atoms with E-state index in [1.807, 2.05) is 0 Å². The molecule has 6 unspecified atom stereocenters. The maximum absolute atomic E-state index is 13.2. The van der Waals surface area contributed by atoms with Gasteiger partial charge in [0.1, 0.15) is 39.5 Å². The van der Waals surface area contributed by atoms with Crippen molar-refractivity contribution in [3.63, 3.8) is 0 Å². The van der Waals surface area contributed by atoms with Crippen LogP contribution in [0.4, 0.5) is 0 Å². The van der Waals surface area contributed by atoms with E-state index in [0.29, 0.717) is 0 Å².